The minimum atomic E-state index is -1.10. The maximum atomic E-state index is 13.2. The second-order valence-corrected chi connectivity index (χ2v) is 9.79. The first-order valence-corrected chi connectivity index (χ1v) is 13.5. The molecule has 0 radical (unpaired) electrons. The van der Waals surface area contributed by atoms with E-state index in [4.69, 9.17) is 18.9 Å². The van der Waals surface area contributed by atoms with E-state index in [9.17, 15) is 14.7 Å². The molecule has 1 aromatic heterocycles. The lowest BCUT2D eigenvalue weighted by molar-refractivity contribution is -0.160. The van der Waals surface area contributed by atoms with Gasteiger partial charge in [-0.1, -0.05) is 60.7 Å². The fourth-order valence-corrected chi connectivity index (χ4v) is 4.81. The largest absolute Gasteiger partial charge is 0.503 e. The lowest BCUT2D eigenvalue weighted by atomic mass is 9.91. The standard InChI is InChI=1S/C31H36N2O7/c1-21-29(39-17-9-14-22-10-5-3-6-11-22)24(18-23-12-7-4-8-13-23)19-38-20-25(31(36)40-21)33-30(35)27-28(34)26(37-2)15-16-32-27/h3-8,10-13,15-16,21,24-25,29,34H,9,14,17-20H2,1-2H3,(H,33,35)/t21-,24-,25-,29-/m0/s1. The molecule has 212 valence electrons. The number of methoxy groups -OCH3 is 1. The molecule has 9 nitrogen and oxygen atoms in total. The Morgan fingerprint density at radius 3 is 2.45 bits per heavy atom. The summed E-state index contributed by atoms with van der Waals surface area (Å²) in [4.78, 5) is 30.0. The van der Waals surface area contributed by atoms with Gasteiger partial charge in [-0.2, -0.15) is 0 Å². The molecule has 0 saturated carbocycles. The SMILES string of the molecule is COc1ccnc(C(=O)N[C@H]2COC[C@H](Cc3ccccc3)[C@@H](OCCCc3ccccc3)[C@H](C)OC2=O)c1O. The number of aromatic hydroxyl groups is 1. The fraction of sp³-hybridized carbons (Fsp3) is 0.387. The number of nitrogens with zero attached hydrogens (tertiary/aromatic N) is 1. The molecule has 1 saturated heterocycles. The third-order valence-corrected chi connectivity index (χ3v) is 6.86. The van der Waals surface area contributed by atoms with Crippen LogP contribution in [0.25, 0.3) is 0 Å². The van der Waals surface area contributed by atoms with Crippen molar-refractivity contribution in [2.75, 3.05) is 26.9 Å². The van der Waals surface area contributed by atoms with E-state index in [-0.39, 0.29) is 24.0 Å². The molecule has 9 heteroatoms. The number of pyridine rings is 1. The van der Waals surface area contributed by atoms with E-state index in [2.05, 4.69) is 22.4 Å². The molecule has 3 aromatic rings. The van der Waals surface area contributed by atoms with Crippen LogP contribution in [0.4, 0.5) is 0 Å². The molecule has 4 atom stereocenters. The topological polar surface area (TPSA) is 116 Å². The monoisotopic (exact) mass is 548 g/mol. The van der Waals surface area contributed by atoms with Gasteiger partial charge in [0.25, 0.3) is 5.91 Å². The molecular formula is C31H36N2O7. The molecule has 0 bridgehead atoms. The van der Waals surface area contributed by atoms with Crippen LogP contribution in [-0.4, -0.2) is 67.1 Å². The number of aromatic nitrogens is 1. The van der Waals surface area contributed by atoms with E-state index >= 15 is 0 Å². The average Bonchev–Trinajstić information content (AvgIpc) is 3.01. The Morgan fingerprint density at radius 2 is 1.75 bits per heavy atom. The Hall–Kier alpha value is -3.95. The van der Waals surface area contributed by atoms with Crippen molar-refractivity contribution in [3.05, 3.63) is 89.7 Å². The van der Waals surface area contributed by atoms with Crippen molar-refractivity contribution in [1.29, 1.82) is 0 Å². The number of hydrogen-bond donors (Lipinski definition) is 2. The summed E-state index contributed by atoms with van der Waals surface area (Å²) < 4.78 is 23.2. The second kappa shape index (κ2) is 14.4. The third-order valence-electron chi connectivity index (χ3n) is 6.86. The summed E-state index contributed by atoms with van der Waals surface area (Å²) in [5.41, 5.74) is 2.09. The van der Waals surface area contributed by atoms with Gasteiger partial charge >= 0.3 is 5.97 Å². The smallest absolute Gasteiger partial charge is 0.331 e. The molecular weight excluding hydrogens is 512 g/mol. The highest BCUT2D eigenvalue weighted by Gasteiger charge is 2.36. The van der Waals surface area contributed by atoms with Crippen LogP contribution in [0.5, 0.6) is 11.5 Å². The van der Waals surface area contributed by atoms with Crippen LogP contribution in [0.1, 0.15) is 35.0 Å². The summed E-state index contributed by atoms with van der Waals surface area (Å²) in [6, 6.07) is 20.6. The van der Waals surface area contributed by atoms with Crippen molar-refractivity contribution in [3.63, 3.8) is 0 Å². The van der Waals surface area contributed by atoms with Crippen molar-refractivity contribution >= 4 is 11.9 Å². The van der Waals surface area contributed by atoms with Gasteiger partial charge in [0.2, 0.25) is 0 Å². The van der Waals surface area contributed by atoms with Gasteiger partial charge in [0, 0.05) is 24.8 Å². The van der Waals surface area contributed by atoms with E-state index < -0.39 is 35.9 Å². The van der Waals surface area contributed by atoms with E-state index in [1.54, 1.807) is 6.92 Å². The van der Waals surface area contributed by atoms with Crippen LogP contribution in [0.15, 0.2) is 72.9 Å². The zero-order chi connectivity index (χ0) is 28.3. The van der Waals surface area contributed by atoms with Gasteiger partial charge in [0.05, 0.1) is 26.4 Å². The first-order valence-electron chi connectivity index (χ1n) is 13.5. The van der Waals surface area contributed by atoms with Gasteiger partial charge in [-0.05, 0) is 37.3 Å². The molecule has 2 aromatic carbocycles. The first-order chi connectivity index (χ1) is 19.5. The van der Waals surface area contributed by atoms with Crippen LogP contribution < -0.4 is 10.1 Å². The van der Waals surface area contributed by atoms with Crippen molar-refractivity contribution in [1.82, 2.24) is 10.3 Å². The second-order valence-electron chi connectivity index (χ2n) is 9.79. The Balaban J connectivity index is 1.46. The molecule has 0 spiro atoms. The zero-order valence-electron chi connectivity index (χ0n) is 22.8. The van der Waals surface area contributed by atoms with Crippen LogP contribution >= 0.6 is 0 Å². The quantitative estimate of drug-likeness (QED) is 0.291. The molecule has 1 fully saturated rings. The summed E-state index contributed by atoms with van der Waals surface area (Å²) in [5.74, 6) is -1.82. The van der Waals surface area contributed by atoms with Gasteiger partial charge in [-0.25, -0.2) is 9.78 Å². The number of amides is 1. The minimum absolute atomic E-state index is 0.0954. The van der Waals surface area contributed by atoms with Gasteiger partial charge in [0.15, 0.2) is 23.2 Å². The summed E-state index contributed by atoms with van der Waals surface area (Å²) in [6.45, 7) is 2.49. The predicted octanol–water partition coefficient (Wildman–Crippen LogP) is 3.73. The summed E-state index contributed by atoms with van der Waals surface area (Å²) in [5, 5.41) is 12.9. The number of aryl methyl sites for hydroxylation is 1. The highest BCUT2D eigenvalue weighted by Crippen LogP contribution is 2.28. The van der Waals surface area contributed by atoms with Crippen LogP contribution in [0.3, 0.4) is 0 Å². The number of cyclic esters (lactones) is 1. The van der Waals surface area contributed by atoms with Gasteiger partial charge in [-0.3, -0.25) is 4.79 Å². The lowest BCUT2D eigenvalue weighted by Gasteiger charge is -2.31. The van der Waals surface area contributed by atoms with Gasteiger partial charge < -0.3 is 29.4 Å². The van der Waals surface area contributed by atoms with Crippen molar-refractivity contribution in [2.24, 2.45) is 5.92 Å². The number of nitrogens with one attached hydrogen (secondary N) is 1. The molecule has 1 aliphatic heterocycles. The Kier molecular flexibility index (Phi) is 10.5. The molecule has 40 heavy (non-hydrogen) atoms. The minimum Gasteiger partial charge on any atom is -0.503 e. The van der Waals surface area contributed by atoms with Gasteiger partial charge in [-0.15, -0.1) is 0 Å². The maximum absolute atomic E-state index is 13.2. The number of rotatable bonds is 10. The summed E-state index contributed by atoms with van der Waals surface area (Å²) in [7, 11) is 1.37. The maximum Gasteiger partial charge on any atom is 0.331 e. The van der Waals surface area contributed by atoms with E-state index in [0.717, 1.165) is 18.4 Å². The fourth-order valence-electron chi connectivity index (χ4n) is 4.81. The Bertz CT molecular complexity index is 1240. The highest BCUT2D eigenvalue weighted by molar-refractivity contribution is 5.98. The number of ether oxygens (including phenoxy) is 4. The molecule has 2 heterocycles. The number of carbonyl (C=O) groups excluding carboxylic acids is 2. The number of esters is 1. The first kappa shape index (κ1) is 29.0. The molecule has 4 rings (SSSR count). The van der Waals surface area contributed by atoms with Gasteiger partial charge in [0.1, 0.15) is 6.10 Å². The Morgan fingerprint density at radius 1 is 1.05 bits per heavy atom. The van der Waals surface area contributed by atoms with E-state index in [1.807, 2.05) is 48.5 Å². The molecule has 0 aliphatic carbocycles. The van der Waals surface area contributed by atoms with Crippen molar-refractivity contribution in [2.45, 2.75) is 44.4 Å². The molecule has 2 N–H and O–H groups in total. The van der Waals surface area contributed by atoms with Crippen LogP contribution in [-0.2, 0) is 31.8 Å². The summed E-state index contributed by atoms with van der Waals surface area (Å²) in [6.07, 6.45) is 2.68. The number of carbonyl (C=O) groups is 2. The third kappa shape index (κ3) is 7.80. The van der Waals surface area contributed by atoms with Crippen molar-refractivity contribution < 1.29 is 33.6 Å². The van der Waals surface area contributed by atoms with Crippen LogP contribution in [0, 0.1) is 5.92 Å². The number of benzene rings is 2. The highest BCUT2D eigenvalue weighted by atomic mass is 16.6. The zero-order valence-corrected chi connectivity index (χ0v) is 22.8. The molecule has 1 aliphatic rings. The lowest BCUT2D eigenvalue weighted by Crippen LogP contribution is -2.46. The number of hydrogen-bond acceptors (Lipinski definition) is 8. The van der Waals surface area contributed by atoms with Crippen LogP contribution in [0.2, 0.25) is 0 Å². The van der Waals surface area contributed by atoms with E-state index in [0.29, 0.717) is 19.6 Å². The van der Waals surface area contributed by atoms with E-state index in [1.165, 1.54) is 24.9 Å². The predicted molar refractivity (Wildman–Crippen MR) is 148 cm³/mol. The summed E-state index contributed by atoms with van der Waals surface area (Å²) >= 11 is 0. The Labute approximate surface area is 234 Å². The average molecular weight is 549 g/mol. The molecule has 1 amide bonds. The van der Waals surface area contributed by atoms with Crippen molar-refractivity contribution in [3.8, 4) is 11.5 Å². The molecule has 0 unspecified atom stereocenters. The normalized spacial score (nSPS) is 21.4.